The predicted molar refractivity (Wildman–Crippen MR) is 106 cm³/mol. The second-order valence-electron chi connectivity index (χ2n) is 6.74. The quantitative estimate of drug-likeness (QED) is 0.506. The summed E-state index contributed by atoms with van der Waals surface area (Å²) in [6.45, 7) is 9.34. The van der Waals surface area contributed by atoms with E-state index in [4.69, 9.17) is 25.8 Å². The molecule has 1 N–H and O–H groups in total. The molecule has 0 heterocycles. The van der Waals surface area contributed by atoms with Crippen molar-refractivity contribution < 1.29 is 23.8 Å². The summed E-state index contributed by atoms with van der Waals surface area (Å²) in [6.07, 6.45) is 2.70. The highest BCUT2D eigenvalue weighted by Gasteiger charge is 2.14. The topological polar surface area (TPSA) is 73.9 Å². The average Bonchev–Trinajstić information content (AvgIpc) is 2.59. The van der Waals surface area contributed by atoms with Crippen molar-refractivity contribution in [3.8, 4) is 11.5 Å². The Hall–Kier alpha value is -2.21. The molecule has 1 atom stereocenters. The van der Waals surface area contributed by atoms with Gasteiger partial charge in [0, 0.05) is 12.1 Å². The van der Waals surface area contributed by atoms with Crippen molar-refractivity contribution in [1.29, 1.82) is 0 Å². The first-order valence-corrected chi connectivity index (χ1v) is 9.20. The highest BCUT2D eigenvalue weighted by atomic mass is 35.5. The first-order chi connectivity index (χ1) is 12.6. The van der Waals surface area contributed by atoms with Gasteiger partial charge < -0.3 is 19.5 Å². The average molecular weight is 398 g/mol. The van der Waals surface area contributed by atoms with Crippen LogP contribution in [0.2, 0.25) is 5.02 Å². The van der Waals surface area contributed by atoms with Gasteiger partial charge in [-0.05, 0) is 50.5 Å². The summed E-state index contributed by atoms with van der Waals surface area (Å²) >= 11 is 6.24. The molecule has 7 heteroatoms. The van der Waals surface area contributed by atoms with Gasteiger partial charge in [-0.2, -0.15) is 0 Å². The maximum atomic E-state index is 11.8. The number of nitrogens with one attached hydrogen (secondary N) is 1. The first kappa shape index (κ1) is 22.8. The van der Waals surface area contributed by atoms with Crippen molar-refractivity contribution in [3.05, 3.63) is 28.8 Å². The summed E-state index contributed by atoms with van der Waals surface area (Å²) in [5.41, 5.74) is 0.641. The zero-order valence-electron chi connectivity index (χ0n) is 16.7. The fourth-order valence-corrected chi connectivity index (χ4v) is 2.26. The van der Waals surface area contributed by atoms with Crippen LogP contribution in [0.3, 0.4) is 0 Å². The Morgan fingerprint density at radius 2 is 1.85 bits per heavy atom. The first-order valence-electron chi connectivity index (χ1n) is 8.82. The smallest absolute Gasteiger partial charge is 0.331 e. The van der Waals surface area contributed by atoms with E-state index >= 15 is 0 Å². The van der Waals surface area contributed by atoms with Crippen LogP contribution in [0.5, 0.6) is 11.5 Å². The van der Waals surface area contributed by atoms with Crippen molar-refractivity contribution in [2.24, 2.45) is 5.92 Å². The molecule has 0 saturated heterocycles. The third kappa shape index (κ3) is 7.91. The second-order valence-corrected chi connectivity index (χ2v) is 7.15. The molecule has 150 valence electrons. The number of halogens is 1. The summed E-state index contributed by atoms with van der Waals surface area (Å²) in [5, 5.41) is 3.14. The van der Waals surface area contributed by atoms with Gasteiger partial charge in [-0.3, -0.25) is 4.79 Å². The molecule has 1 rings (SSSR count). The lowest BCUT2D eigenvalue weighted by atomic mass is 10.1. The van der Waals surface area contributed by atoms with Gasteiger partial charge >= 0.3 is 5.97 Å². The number of amides is 1. The van der Waals surface area contributed by atoms with E-state index in [0.29, 0.717) is 28.0 Å². The fraction of sp³-hybridized carbons (Fsp3) is 0.500. The molecule has 0 aliphatic rings. The molecule has 0 aromatic heterocycles. The largest absolute Gasteiger partial charge is 0.493 e. The van der Waals surface area contributed by atoms with Crippen LogP contribution in [0.25, 0.3) is 6.08 Å². The lowest BCUT2D eigenvalue weighted by Gasteiger charge is -2.17. The monoisotopic (exact) mass is 397 g/mol. The Balaban J connectivity index is 2.69. The Labute approximate surface area is 165 Å². The minimum atomic E-state index is -0.625. The predicted octanol–water partition coefficient (Wildman–Crippen LogP) is 3.85. The summed E-state index contributed by atoms with van der Waals surface area (Å²) < 4.78 is 15.9. The van der Waals surface area contributed by atoms with Gasteiger partial charge in [0.15, 0.2) is 18.1 Å². The summed E-state index contributed by atoms with van der Waals surface area (Å²) in [7, 11) is 1.51. The summed E-state index contributed by atoms with van der Waals surface area (Å²) in [4.78, 5) is 23.5. The van der Waals surface area contributed by atoms with E-state index < -0.39 is 5.97 Å². The Morgan fingerprint density at radius 1 is 1.19 bits per heavy atom. The number of carbonyl (C=O) groups excluding carboxylic acids is 2. The zero-order valence-corrected chi connectivity index (χ0v) is 17.4. The molecule has 0 aliphatic heterocycles. The van der Waals surface area contributed by atoms with E-state index in [9.17, 15) is 9.59 Å². The van der Waals surface area contributed by atoms with E-state index in [-0.39, 0.29) is 24.7 Å². The van der Waals surface area contributed by atoms with Crippen molar-refractivity contribution in [2.45, 2.75) is 46.8 Å². The second kappa shape index (κ2) is 10.8. The fourth-order valence-electron chi connectivity index (χ4n) is 2.00. The molecule has 0 aliphatic carbocycles. The molecule has 0 spiro atoms. The number of rotatable bonds is 9. The molecule has 1 aromatic rings. The van der Waals surface area contributed by atoms with E-state index in [1.54, 1.807) is 12.1 Å². The minimum absolute atomic E-state index is 0.00734. The normalized spacial score (nSPS) is 12.3. The van der Waals surface area contributed by atoms with Crippen LogP contribution in [0.1, 0.15) is 40.2 Å². The van der Waals surface area contributed by atoms with Crippen LogP contribution in [0.4, 0.5) is 0 Å². The molecule has 0 bridgehead atoms. The molecule has 0 radical (unpaired) electrons. The Kier molecular flexibility index (Phi) is 9.15. The third-order valence-electron chi connectivity index (χ3n) is 3.75. The van der Waals surface area contributed by atoms with Crippen LogP contribution in [-0.4, -0.2) is 37.7 Å². The van der Waals surface area contributed by atoms with E-state index in [0.717, 1.165) is 0 Å². The number of esters is 1. The number of hydrogen-bond acceptors (Lipinski definition) is 5. The van der Waals surface area contributed by atoms with Crippen LogP contribution >= 0.6 is 11.6 Å². The van der Waals surface area contributed by atoms with Gasteiger partial charge in [0.05, 0.1) is 18.2 Å². The lowest BCUT2D eigenvalue weighted by Crippen LogP contribution is -2.38. The minimum Gasteiger partial charge on any atom is -0.493 e. The van der Waals surface area contributed by atoms with Crippen molar-refractivity contribution in [3.63, 3.8) is 0 Å². The van der Waals surface area contributed by atoms with Crippen molar-refractivity contribution in [1.82, 2.24) is 5.32 Å². The van der Waals surface area contributed by atoms with Gasteiger partial charge in [-0.15, -0.1) is 0 Å². The van der Waals surface area contributed by atoms with E-state index in [1.165, 1.54) is 19.3 Å². The molecule has 0 fully saturated rings. The van der Waals surface area contributed by atoms with Gasteiger partial charge in [-0.25, -0.2) is 4.79 Å². The third-order valence-corrected chi connectivity index (χ3v) is 4.03. The Morgan fingerprint density at radius 3 is 2.41 bits per heavy atom. The standard InChI is InChI=1S/C20H28ClNO5/c1-12(2)14(5)22-18(23)11-26-19(24)8-7-15-9-16(21)20(27-13(3)4)17(10-15)25-6/h7-10,12-14H,11H2,1-6H3,(H,22,23)/b8-7+/t14-/m0/s1. The molecular formula is C20H28ClNO5. The zero-order chi connectivity index (χ0) is 20.6. The van der Waals surface area contributed by atoms with Gasteiger partial charge in [-0.1, -0.05) is 25.4 Å². The molecule has 1 amide bonds. The van der Waals surface area contributed by atoms with Gasteiger partial charge in [0.2, 0.25) is 0 Å². The van der Waals surface area contributed by atoms with Crippen LogP contribution in [-0.2, 0) is 14.3 Å². The Bertz CT molecular complexity index is 685. The molecule has 1 aromatic carbocycles. The molecule has 0 saturated carbocycles. The van der Waals surface area contributed by atoms with Crippen LogP contribution in [0, 0.1) is 5.92 Å². The van der Waals surface area contributed by atoms with Crippen LogP contribution in [0.15, 0.2) is 18.2 Å². The molecular weight excluding hydrogens is 370 g/mol. The van der Waals surface area contributed by atoms with Gasteiger partial charge in [0.1, 0.15) is 0 Å². The molecule has 6 nitrogen and oxygen atoms in total. The number of hydrogen-bond donors (Lipinski definition) is 1. The number of ether oxygens (including phenoxy) is 3. The summed E-state index contributed by atoms with van der Waals surface area (Å²) in [5.74, 6) is 0.251. The van der Waals surface area contributed by atoms with Crippen LogP contribution < -0.4 is 14.8 Å². The number of benzene rings is 1. The van der Waals surface area contributed by atoms with Crippen molar-refractivity contribution in [2.75, 3.05) is 13.7 Å². The lowest BCUT2D eigenvalue weighted by molar-refractivity contribution is -0.144. The summed E-state index contributed by atoms with van der Waals surface area (Å²) in [6, 6.07) is 3.36. The maximum absolute atomic E-state index is 11.8. The highest BCUT2D eigenvalue weighted by molar-refractivity contribution is 6.32. The van der Waals surface area contributed by atoms with E-state index in [2.05, 4.69) is 5.32 Å². The highest BCUT2D eigenvalue weighted by Crippen LogP contribution is 2.37. The van der Waals surface area contributed by atoms with Crippen molar-refractivity contribution >= 4 is 29.6 Å². The number of methoxy groups -OCH3 is 1. The molecule has 27 heavy (non-hydrogen) atoms. The SMILES string of the molecule is COc1cc(/C=C/C(=O)OCC(=O)N[C@@H](C)C(C)C)cc(Cl)c1OC(C)C. The molecule has 0 unspecified atom stereocenters. The van der Waals surface area contributed by atoms with E-state index in [1.807, 2.05) is 34.6 Å². The maximum Gasteiger partial charge on any atom is 0.331 e. The van der Waals surface area contributed by atoms with Gasteiger partial charge in [0.25, 0.3) is 5.91 Å². The number of carbonyl (C=O) groups is 2.